The first kappa shape index (κ1) is 26.1. The second kappa shape index (κ2) is 10.5. The van der Waals surface area contributed by atoms with Gasteiger partial charge in [0.1, 0.15) is 9.84 Å². The lowest BCUT2D eigenvalue weighted by atomic mass is 9.92. The molecule has 198 valence electrons. The van der Waals surface area contributed by atoms with E-state index in [-0.39, 0.29) is 11.7 Å². The summed E-state index contributed by atoms with van der Waals surface area (Å²) < 4.78 is 24.1. The standard InChI is InChI=1S/C33H26ClN3O2S/c1-21(20-40(2,38)39)26-18-24-9-6-16-35-31(24)28(19-26)23-7-5-8-25(17-23)33-32(22-12-14-27(34)15-13-22)36-29-10-3-4-11-30(29)37-33/h3-19,21H,20H2,1-2H3. The number of fused-ring (bicyclic) bond motifs is 2. The minimum absolute atomic E-state index is 0.0787. The zero-order chi connectivity index (χ0) is 27.9. The van der Waals surface area contributed by atoms with Crippen LogP contribution < -0.4 is 0 Å². The Morgan fingerprint density at radius 3 is 2.12 bits per heavy atom. The van der Waals surface area contributed by atoms with Crippen LogP contribution in [-0.4, -0.2) is 35.4 Å². The van der Waals surface area contributed by atoms with Crippen molar-refractivity contribution < 1.29 is 8.42 Å². The van der Waals surface area contributed by atoms with Crippen molar-refractivity contribution in [2.45, 2.75) is 12.8 Å². The topological polar surface area (TPSA) is 72.8 Å². The maximum Gasteiger partial charge on any atom is 0.148 e. The molecule has 0 saturated heterocycles. The molecule has 1 atom stereocenters. The van der Waals surface area contributed by atoms with Crippen LogP contribution in [-0.2, 0) is 9.84 Å². The molecule has 0 saturated carbocycles. The van der Waals surface area contributed by atoms with Crippen molar-refractivity contribution in [1.82, 2.24) is 15.0 Å². The zero-order valence-electron chi connectivity index (χ0n) is 22.0. The molecule has 0 aliphatic rings. The number of para-hydroxylation sites is 2. The molecule has 5 nitrogen and oxygen atoms in total. The summed E-state index contributed by atoms with van der Waals surface area (Å²) in [6, 6.07) is 31.7. The van der Waals surface area contributed by atoms with Gasteiger partial charge < -0.3 is 0 Å². The summed E-state index contributed by atoms with van der Waals surface area (Å²) in [5, 5.41) is 1.62. The molecule has 0 radical (unpaired) electrons. The van der Waals surface area contributed by atoms with E-state index in [0.717, 1.165) is 61.1 Å². The van der Waals surface area contributed by atoms with Crippen LogP contribution in [0.4, 0.5) is 0 Å². The Balaban J connectivity index is 1.54. The lowest BCUT2D eigenvalue weighted by Gasteiger charge is -2.16. The molecule has 0 aliphatic heterocycles. The van der Waals surface area contributed by atoms with Crippen LogP contribution in [0.1, 0.15) is 18.4 Å². The smallest absolute Gasteiger partial charge is 0.148 e. The Kier molecular flexibility index (Phi) is 6.82. The van der Waals surface area contributed by atoms with Crippen molar-refractivity contribution in [2.75, 3.05) is 12.0 Å². The number of pyridine rings is 1. The minimum Gasteiger partial charge on any atom is -0.256 e. The fraction of sp³-hybridized carbons (Fsp3) is 0.121. The number of hydrogen-bond acceptors (Lipinski definition) is 5. The third kappa shape index (κ3) is 5.33. The van der Waals surface area contributed by atoms with Gasteiger partial charge in [0.15, 0.2) is 0 Å². The van der Waals surface area contributed by atoms with Crippen LogP contribution in [0.2, 0.25) is 5.02 Å². The van der Waals surface area contributed by atoms with E-state index < -0.39 is 9.84 Å². The highest BCUT2D eigenvalue weighted by atomic mass is 35.5. The molecule has 0 N–H and O–H groups in total. The fourth-order valence-electron chi connectivity index (χ4n) is 5.11. The Morgan fingerprint density at radius 2 is 1.43 bits per heavy atom. The number of aromatic nitrogens is 3. The molecule has 2 aromatic heterocycles. The van der Waals surface area contributed by atoms with Crippen LogP contribution in [0.25, 0.3) is 55.6 Å². The third-order valence-electron chi connectivity index (χ3n) is 6.98. The first-order valence-corrected chi connectivity index (χ1v) is 15.4. The SMILES string of the molecule is CC(CS(C)(=O)=O)c1cc(-c2cccc(-c3nc4ccccc4nc3-c3ccc(Cl)cc3)c2)c2ncccc2c1. The van der Waals surface area contributed by atoms with Crippen molar-refractivity contribution in [1.29, 1.82) is 0 Å². The van der Waals surface area contributed by atoms with Gasteiger partial charge in [-0.05, 0) is 65.6 Å². The number of sulfone groups is 1. The van der Waals surface area contributed by atoms with E-state index in [1.807, 2.05) is 85.8 Å². The predicted molar refractivity (Wildman–Crippen MR) is 164 cm³/mol. The molecule has 7 heteroatoms. The highest BCUT2D eigenvalue weighted by Gasteiger charge is 2.18. The Morgan fingerprint density at radius 1 is 0.750 bits per heavy atom. The van der Waals surface area contributed by atoms with Crippen LogP contribution in [0.3, 0.4) is 0 Å². The van der Waals surface area contributed by atoms with Gasteiger partial charge in [-0.25, -0.2) is 18.4 Å². The van der Waals surface area contributed by atoms with E-state index >= 15 is 0 Å². The first-order valence-electron chi connectivity index (χ1n) is 12.9. The molecule has 1 unspecified atom stereocenters. The van der Waals surface area contributed by atoms with Crippen LogP contribution >= 0.6 is 11.6 Å². The number of rotatable bonds is 6. The number of hydrogen-bond donors (Lipinski definition) is 0. The lowest BCUT2D eigenvalue weighted by Crippen LogP contribution is -2.10. The van der Waals surface area contributed by atoms with Gasteiger partial charge >= 0.3 is 0 Å². The molecule has 2 heterocycles. The van der Waals surface area contributed by atoms with E-state index in [1.54, 1.807) is 6.20 Å². The van der Waals surface area contributed by atoms with Gasteiger partial charge in [0.2, 0.25) is 0 Å². The molecule has 0 bridgehead atoms. The molecule has 0 amide bonds. The van der Waals surface area contributed by atoms with Crippen molar-refractivity contribution >= 4 is 43.4 Å². The van der Waals surface area contributed by atoms with E-state index in [1.165, 1.54) is 6.26 Å². The van der Waals surface area contributed by atoms with Gasteiger partial charge in [0, 0.05) is 39.6 Å². The van der Waals surface area contributed by atoms with E-state index in [9.17, 15) is 8.42 Å². The van der Waals surface area contributed by atoms with Gasteiger partial charge in [-0.2, -0.15) is 0 Å². The molecule has 0 fully saturated rings. The highest BCUT2D eigenvalue weighted by molar-refractivity contribution is 7.90. The Bertz CT molecular complexity index is 1990. The molecule has 0 aliphatic carbocycles. The summed E-state index contributed by atoms with van der Waals surface area (Å²) in [6.45, 7) is 1.95. The largest absolute Gasteiger partial charge is 0.256 e. The van der Waals surface area contributed by atoms with Gasteiger partial charge in [0.05, 0.1) is 33.7 Å². The van der Waals surface area contributed by atoms with E-state index in [0.29, 0.717) is 5.02 Å². The van der Waals surface area contributed by atoms with Crippen molar-refractivity contribution in [2.24, 2.45) is 0 Å². The summed E-state index contributed by atoms with van der Waals surface area (Å²) in [6.07, 6.45) is 3.06. The molecule has 6 rings (SSSR count). The predicted octanol–water partition coefficient (Wildman–Crippen LogP) is 7.98. The maximum absolute atomic E-state index is 12.1. The van der Waals surface area contributed by atoms with E-state index in [2.05, 4.69) is 18.2 Å². The quantitative estimate of drug-likeness (QED) is 0.205. The second-order valence-corrected chi connectivity index (χ2v) is 12.8. The molecular formula is C33H26ClN3O2S. The van der Waals surface area contributed by atoms with Gasteiger partial charge in [0.25, 0.3) is 0 Å². The van der Waals surface area contributed by atoms with Crippen LogP contribution in [0, 0.1) is 0 Å². The summed E-state index contributed by atoms with van der Waals surface area (Å²) >= 11 is 6.18. The van der Waals surface area contributed by atoms with Gasteiger partial charge in [-0.15, -0.1) is 0 Å². The van der Waals surface area contributed by atoms with Crippen molar-refractivity contribution in [3.8, 4) is 33.6 Å². The van der Waals surface area contributed by atoms with Crippen LogP contribution in [0.5, 0.6) is 0 Å². The van der Waals surface area contributed by atoms with Crippen LogP contribution in [0.15, 0.2) is 103 Å². The molecule has 0 spiro atoms. The van der Waals surface area contributed by atoms with Crippen molar-refractivity contribution in [3.63, 3.8) is 0 Å². The zero-order valence-corrected chi connectivity index (χ0v) is 23.6. The average Bonchev–Trinajstić information content (AvgIpc) is 2.95. The Hall–Kier alpha value is -4.13. The number of benzene rings is 4. The lowest BCUT2D eigenvalue weighted by molar-refractivity contribution is 0.596. The van der Waals surface area contributed by atoms with Gasteiger partial charge in [-0.1, -0.05) is 67.1 Å². The highest BCUT2D eigenvalue weighted by Crippen LogP contribution is 2.36. The summed E-state index contributed by atoms with van der Waals surface area (Å²) in [4.78, 5) is 14.7. The molecule has 6 aromatic rings. The molecular weight excluding hydrogens is 538 g/mol. The van der Waals surface area contributed by atoms with Gasteiger partial charge in [-0.3, -0.25) is 4.98 Å². The van der Waals surface area contributed by atoms with E-state index in [4.69, 9.17) is 26.6 Å². The average molecular weight is 564 g/mol. The maximum atomic E-state index is 12.1. The number of halogens is 1. The molecule has 4 aromatic carbocycles. The second-order valence-electron chi connectivity index (χ2n) is 10.1. The minimum atomic E-state index is -3.14. The summed E-state index contributed by atoms with van der Waals surface area (Å²) in [5.74, 6) is -0.0838. The summed E-state index contributed by atoms with van der Waals surface area (Å²) in [7, 11) is -3.14. The van der Waals surface area contributed by atoms with Crippen molar-refractivity contribution in [3.05, 3.63) is 114 Å². The molecule has 40 heavy (non-hydrogen) atoms. The Labute approximate surface area is 238 Å². The monoisotopic (exact) mass is 563 g/mol. The fourth-order valence-corrected chi connectivity index (χ4v) is 6.34. The summed E-state index contributed by atoms with van der Waals surface area (Å²) in [5.41, 5.74) is 8.72. The number of nitrogens with zero attached hydrogens (tertiary/aromatic N) is 3. The normalized spacial score (nSPS) is 12.6. The third-order valence-corrected chi connectivity index (χ3v) is 8.34. The first-order chi connectivity index (χ1) is 19.2.